The number of amides is 1. The Kier molecular flexibility index (Phi) is 7.46. The number of hydrogen-bond donors (Lipinski definition) is 1. The lowest BCUT2D eigenvalue weighted by Crippen LogP contribution is -2.36. The molecule has 0 aromatic heterocycles. The number of nitrogens with zero attached hydrogens (tertiary/aromatic N) is 2. The van der Waals surface area contributed by atoms with E-state index in [1.54, 1.807) is 29.4 Å². The molecule has 2 saturated heterocycles. The van der Waals surface area contributed by atoms with Gasteiger partial charge in [-0.3, -0.25) is 4.79 Å². The van der Waals surface area contributed by atoms with Crippen molar-refractivity contribution < 1.29 is 13.2 Å². The molecular formula is C18H28ClN3O3S. The summed E-state index contributed by atoms with van der Waals surface area (Å²) >= 11 is 0. The second-order valence-corrected chi connectivity index (χ2v) is 8.75. The summed E-state index contributed by atoms with van der Waals surface area (Å²) < 4.78 is 27.6. The first-order valence-corrected chi connectivity index (χ1v) is 10.5. The van der Waals surface area contributed by atoms with E-state index in [0.717, 1.165) is 38.8 Å². The summed E-state index contributed by atoms with van der Waals surface area (Å²) in [4.78, 5) is 14.9. The summed E-state index contributed by atoms with van der Waals surface area (Å²) in [5.74, 6) is -0.0844. The van der Waals surface area contributed by atoms with Crippen molar-refractivity contribution in [2.24, 2.45) is 0 Å². The Balaban J connectivity index is 0.00000243. The molecule has 0 atom stereocenters. The highest BCUT2D eigenvalue weighted by molar-refractivity contribution is 7.89. The highest BCUT2D eigenvalue weighted by Gasteiger charge is 2.28. The molecule has 1 aromatic rings. The Labute approximate surface area is 162 Å². The van der Waals surface area contributed by atoms with Gasteiger partial charge in [0.15, 0.2) is 0 Å². The molecule has 1 aromatic carbocycles. The second kappa shape index (κ2) is 9.17. The van der Waals surface area contributed by atoms with Crippen molar-refractivity contribution in [3.05, 3.63) is 29.3 Å². The van der Waals surface area contributed by atoms with Gasteiger partial charge in [-0.05, 0) is 50.4 Å². The lowest BCUT2D eigenvalue weighted by atomic mass is 10.1. The van der Waals surface area contributed by atoms with Crippen molar-refractivity contribution in [2.45, 2.75) is 37.5 Å². The van der Waals surface area contributed by atoms with Gasteiger partial charge in [-0.15, -0.1) is 12.4 Å². The first kappa shape index (κ1) is 21.2. The average Bonchev–Trinajstić information content (AvgIpc) is 2.91. The lowest BCUT2D eigenvalue weighted by molar-refractivity contribution is 0.0766. The molecule has 0 unspecified atom stereocenters. The van der Waals surface area contributed by atoms with Gasteiger partial charge in [0, 0.05) is 38.3 Å². The van der Waals surface area contributed by atoms with E-state index in [4.69, 9.17) is 0 Å². The third-order valence-corrected chi connectivity index (χ3v) is 7.04. The molecule has 2 fully saturated rings. The van der Waals surface area contributed by atoms with E-state index >= 15 is 0 Å². The number of hydrogen-bond acceptors (Lipinski definition) is 4. The van der Waals surface area contributed by atoms with Crippen molar-refractivity contribution in [3.63, 3.8) is 0 Å². The number of sulfonamides is 1. The van der Waals surface area contributed by atoms with E-state index in [1.165, 1.54) is 0 Å². The molecule has 1 N–H and O–H groups in total. The van der Waals surface area contributed by atoms with Crippen LogP contribution in [0.3, 0.4) is 0 Å². The van der Waals surface area contributed by atoms with Crippen molar-refractivity contribution in [1.82, 2.24) is 14.5 Å². The van der Waals surface area contributed by atoms with Crippen LogP contribution in [-0.4, -0.2) is 62.8 Å². The highest BCUT2D eigenvalue weighted by atomic mass is 35.5. The van der Waals surface area contributed by atoms with E-state index in [-0.39, 0.29) is 23.2 Å². The van der Waals surface area contributed by atoms with Gasteiger partial charge < -0.3 is 10.2 Å². The zero-order valence-corrected chi connectivity index (χ0v) is 16.9. The zero-order valence-electron chi connectivity index (χ0n) is 15.2. The topological polar surface area (TPSA) is 69.7 Å². The quantitative estimate of drug-likeness (QED) is 0.841. The van der Waals surface area contributed by atoms with Crippen molar-refractivity contribution in [1.29, 1.82) is 0 Å². The number of aryl methyl sites for hydroxylation is 1. The van der Waals surface area contributed by atoms with E-state index in [2.05, 4.69) is 5.32 Å². The average molecular weight is 402 g/mol. The van der Waals surface area contributed by atoms with Gasteiger partial charge in [-0.2, -0.15) is 4.31 Å². The summed E-state index contributed by atoms with van der Waals surface area (Å²) in [6, 6.07) is 5.06. The molecular weight excluding hydrogens is 374 g/mol. The molecule has 0 saturated carbocycles. The van der Waals surface area contributed by atoms with E-state index in [1.807, 2.05) is 4.90 Å². The SMILES string of the molecule is Cc1ccc(C(=O)N2CCCNCC2)cc1S(=O)(=O)N1CCCCC1.Cl. The largest absolute Gasteiger partial charge is 0.337 e. The molecule has 6 nitrogen and oxygen atoms in total. The number of benzene rings is 1. The molecule has 0 spiro atoms. The molecule has 2 aliphatic rings. The maximum atomic E-state index is 13.0. The molecule has 0 bridgehead atoms. The maximum absolute atomic E-state index is 13.0. The molecule has 3 rings (SSSR count). The molecule has 0 radical (unpaired) electrons. The first-order valence-electron chi connectivity index (χ1n) is 9.11. The van der Waals surface area contributed by atoms with Crippen molar-refractivity contribution >= 4 is 28.3 Å². The standard InChI is InChI=1S/C18H27N3O3S.ClH/c1-15-6-7-16(18(22)20-10-5-8-19-9-13-20)14-17(15)25(23,24)21-11-3-2-4-12-21;/h6-7,14,19H,2-5,8-13H2,1H3;1H. The first-order chi connectivity index (χ1) is 12.0. The Morgan fingerprint density at radius 3 is 2.46 bits per heavy atom. The van der Waals surface area contributed by atoms with Crippen LogP contribution in [0, 0.1) is 6.92 Å². The fraction of sp³-hybridized carbons (Fsp3) is 0.611. The third-order valence-electron chi connectivity index (χ3n) is 5.00. The van der Waals surface area contributed by atoms with Crippen LogP contribution in [0.5, 0.6) is 0 Å². The number of carbonyl (C=O) groups excluding carboxylic acids is 1. The van der Waals surface area contributed by atoms with Crippen molar-refractivity contribution in [3.8, 4) is 0 Å². The normalized spacial score (nSPS) is 19.5. The number of halogens is 1. The van der Waals surface area contributed by atoms with Gasteiger partial charge in [-0.1, -0.05) is 12.5 Å². The van der Waals surface area contributed by atoms with Gasteiger partial charge >= 0.3 is 0 Å². The fourth-order valence-electron chi connectivity index (χ4n) is 3.49. The molecule has 146 valence electrons. The van der Waals surface area contributed by atoms with E-state index in [0.29, 0.717) is 37.3 Å². The lowest BCUT2D eigenvalue weighted by Gasteiger charge is -2.27. The molecule has 2 heterocycles. The van der Waals surface area contributed by atoms with Crippen LogP contribution < -0.4 is 5.32 Å². The minimum absolute atomic E-state index is 0. The Hall–Kier alpha value is -1.15. The summed E-state index contributed by atoms with van der Waals surface area (Å²) in [6.45, 7) is 5.97. The summed E-state index contributed by atoms with van der Waals surface area (Å²) in [7, 11) is -3.54. The minimum atomic E-state index is -3.54. The van der Waals surface area contributed by atoms with Crippen LogP contribution in [0.1, 0.15) is 41.6 Å². The van der Waals surface area contributed by atoms with Crippen LogP contribution in [-0.2, 0) is 10.0 Å². The predicted octanol–water partition coefficient (Wildman–Crippen LogP) is 2.03. The Bertz CT molecular complexity index is 725. The fourth-order valence-corrected chi connectivity index (χ4v) is 5.25. The molecule has 8 heteroatoms. The summed E-state index contributed by atoms with van der Waals surface area (Å²) in [5.41, 5.74) is 1.16. The smallest absolute Gasteiger partial charge is 0.253 e. The van der Waals surface area contributed by atoms with Gasteiger partial charge in [0.1, 0.15) is 0 Å². The molecule has 0 aliphatic carbocycles. The summed E-state index contributed by atoms with van der Waals surface area (Å²) in [6.07, 6.45) is 3.79. The summed E-state index contributed by atoms with van der Waals surface area (Å²) in [5, 5.41) is 3.27. The highest BCUT2D eigenvalue weighted by Crippen LogP contribution is 2.25. The van der Waals surface area contributed by atoms with Crippen LogP contribution in [0.15, 0.2) is 23.1 Å². The Morgan fingerprint density at radius 2 is 1.73 bits per heavy atom. The Morgan fingerprint density at radius 1 is 1.00 bits per heavy atom. The van der Waals surface area contributed by atoms with Crippen LogP contribution in [0.4, 0.5) is 0 Å². The van der Waals surface area contributed by atoms with E-state index < -0.39 is 10.0 Å². The maximum Gasteiger partial charge on any atom is 0.253 e. The van der Waals surface area contributed by atoms with Crippen LogP contribution >= 0.6 is 12.4 Å². The van der Waals surface area contributed by atoms with Gasteiger partial charge in [0.05, 0.1) is 4.90 Å². The molecule has 2 aliphatic heterocycles. The molecule has 26 heavy (non-hydrogen) atoms. The van der Waals surface area contributed by atoms with Gasteiger partial charge in [-0.25, -0.2) is 8.42 Å². The van der Waals surface area contributed by atoms with Gasteiger partial charge in [0.2, 0.25) is 10.0 Å². The van der Waals surface area contributed by atoms with Crippen molar-refractivity contribution in [2.75, 3.05) is 39.3 Å². The number of nitrogens with one attached hydrogen (secondary N) is 1. The van der Waals surface area contributed by atoms with E-state index in [9.17, 15) is 13.2 Å². The number of carbonyl (C=O) groups is 1. The number of piperidine rings is 1. The predicted molar refractivity (Wildman–Crippen MR) is 104 cm³/mol. The van der Waals surface area contributed by atoms with Crippen LogP contribution in [0.2, 0.25) is 0 Å². The third kappa shape index (κ3) is 4.57. The van der Waals surface area contributed by atoms with Gasteiger partial charge in [0.25, 0.3) is 5.91 Å². The monoisotopic (exact) mass is 401 g/mol. The van der Waals surface area contributed by atoms with Crippen LogP contribution in [0.25, 0.3) is 0 Å². The number of rotatable bonds is 3. The molecule has 1 amide bonds. The minimum Gasteiger partial charge on any atom is -0.337 e. The second-order valence-electron chi connectivity index (χ2n) is 6.84. The zero-order chi connectivity index (χ0) is 17.9.